The zero-order valence-electron chi connectivity index (χ0n) is 10.5. The molecule has 1 aromatic carbocycles. The van der Waals surface area contributed by atoms with E-state index in [1.54, 1.807) is 3.58 Å². The van der Waals surface area contributed by atoms with E-state index >= 15 is 0 Å². The Morgan fingerprint density at radius 3 is 2.12 bits per heavy atom. The van der Waals surface area contributed by atoms with Crippen molar-refractivity contribution in [3.05, 3.63) is 29.8 Å². The van der Waals surface area contributed by atoms with Gasteiger partial charge in [-0.2, -0.15) is 14.2 Å². The van der Waals surface area contributed by atoms with Gasteiger partial charge >= 0.3 is 84.6 Å². The monoisotopic (exact) mass is 331 g/mol. The van der Waals surface area contributed by atoms with E-state index in [1.807, 2.05) is 0 Å². The Morgan fingerprint density at radius 2 is 1.69 bits per heavy atom. The van der Waals surface area contributed by atoms with Gasteiger partial charge < -0.3 is 10.2 Å². The van der Waals surface area contributed by atoms with Gasteiger partial charge in [0, 0.05) is 0 Å². The standard InChI is InChI=1S/C8H10N.C2H5.2CH3O.Sn/c1-7(9)8-5-3-2-4-6-8;3*1-2;/h2-5,7H,9H2,1H3;1H2,2H3;2*1H3;/q;;2*-1;+2. The molecule has 3 nitrogen and oxygen atoms in total. The summed E-state index contributed by atoms with van der Waals surface area (Å²) >= 11 is -0.319. The van der Waals surface area contributed by atoms with Crippen LogP contribution in [0.5, 0.6) is 0 Å². The largest absolute Gasteiger partial charge is 0.857 e. The van der Waals surface area contributed by atoms with E-state index in [4.69, 9.17) is 15.9 Å². The molecule has 0 aliphatic rings. The molecule has 1 aromatic rings. The predicted octanol–water partition coefficient (Wildman–Crippen LogP) is -0.573. The van der Waals surface area contributed by atoms with Crippen molar-refractivity contribution in [2.45, 2.75) is 24.3 Å². The molecule has 1 atom stereocenters. The normalized spacial score (nSPS) is 9.94. The van der Waals surface area contributed by atoms with Gasteiger partial charge in [-0.3, -0.25) is 0 Å². The van der Waals surface area contributed by atoms with Crippen molar-refractivity contribution in [2.24, 2.45) is 5.73 Å². The molecule has 2 N–H and O–H groups in total. The molecule has 4 heteroatoms. The molecular weight excluding hydrogens is 309 g/mol. The van der Waals surface area contributed by atoms with Gasteiger partial charge in [-0.1, -0.05) is 0 Å². The molecule has 16 heavy (non-hydrogen) atoms. The zero-order chi connectivity index (χ0) is 13.0. The molecule has 0 radical (unpaired) electrons. The molecule has 1 rings (SSSR count). The fraction of sp³-hybridized carbons (Fsp3) is 0.500. The number of hydrogen-bond donors (Lipinski definition) is 1. The van der Waals surface area contributed by atoms with Crippen LogP contribution in [0.3, 0.4) is 0 Å². The maximum Gasteiger partial charge on any atom is -0.153 e. The number of hydrogen-bond acceptors (Lipinski definition) is 3. The molecule has 90 valence electrons. The first kappa shape index (κ1) is 18.3. The summed E-state index contributed by atoms with van der Waals surface area (Å²) in [6.45, 7) is 4.33. The molecule has 0 amide bonds. The molecule has 0 aliphatic heterocycles. The SMILES string of the molecule is C[CH2][Sn+2][c]1ccccc1C(C)N.C[O-].C[O-]. The summed E-state index contributed by atoms with van der Waals surface area (Å²) in [6, 6.07) is 8.81. The molecule has 0 fully saturated rings. The fourth-order valence-electron chi connectivity index (χ4n) is 1.25. The van der Waals surface area contributed by atoms with E-state index in [1.165, 1.54) is 10.0 Å². The third-order valence-electron chi connectivity index (χ3n) is 1.82. The van der Waals surface area contributed by atoms with Crippen LogP contribution < -0.4 is 19.5 Å². The van der Waals surface area contributed by atoms with Crippen molar-refractivity contribution in [1.29, 1.82) is 0 Å². The van der Waals surface area contributed by atoms with Crippen LogP contribution in [0.15, 0.2) is 24.3 Å². The summed E-state index contributed by atoms with van der Waals surface area (Å²) in [4.78, 5) is 0. The van der Waals surface area contributed by atoms with E-state index in [0.717, 1.165) is 14.2 Å². The minimum atomic E-state index is -0.319. The summed E-state index contributed by atoms with van der Waals surface area (Å²) in [6.07, 6.45) is 0. The minimum Gasteiger partial charge on any atom is -0.857 e. The van der Waals surface area contributed by atoms with Crippen LogP contribution in [0, 0.1) is 0 Å². The van der Waals surface area contributed by atoms with Crippen LogP contribution in [0.1, 0.15) is 25.5 Å². The zero-order valence-corrected chi connectivity index (χ0v) is 13.3. The van der Waals surface area contributed by atoms with Gasteiger partial charge in [0.05, 0.1) is 0 Å². The van der Waals surface area contributed by atoms with Gasteiger partial charge in [-0.15, -0.1) is 0 Å². The Bertz CT molecular complexity index is 255. The summed E-state index contributed by atoms with van der Waals surface area (Å²) in [5, 5.41) is 16.5. The molecule has 0 saturated heterocycles. The van der Waals surface area contributed by atoms with Crippen molar-refractivity contribution in [3.63, 3.8) is 0 Å². The maximum absolute atomic E-state index is 8.25. The smallest absolute Gasteiger partial charge is 0.153 e. The van der Waals surface area contributed by atoms with Gasteiger partial charge in [0.2, 0.25) is 0 Å². The second-order valence-corrected chi connectivity index (χ2v) is 7.47. The first-order chi connectivity index (χ1) is 7.75. The molecular formula is C12H21NO2Sn. The average molecular weight is 330 g/mol. The number of nitrogens with two attached hydrogens (primary N) is 1. The first-order valence-corrected chi connectivity index (χ1v) is 8.60. The van der Waals surface area contributed by atoms with Gasteiger partial charge in [-0.05, 0) is 0 Å². The van der Waals surface area contributed by atoms with Crippen LogP contribution in [0.2, 0.25) is 4.44 Å². The van der Waals surface area contributed by atoms with Gasteiger partial charge in [0.1, 0.15) is 0 Å². The van der Waals surface area contributed by atoms with Crippen LogP contribution in [0.25, 0.3) is 0 Å². The van der Waals surface area contributed by atoms with Crippen molar-refractivity contribution in [1.82, 2.24) is 0 Å². The van der Waals surface area contributed by atoms with E-state index in [9.17, 15) is 0 Å². The molecule has 0 aliphatic carbocycles. The number of benzene rings is 1. The Labute approximate surface area is 109 Å². The predicted molar refractivity (Wildman–Crippen MR) is 66.8 cm³/mol. The molecule has 0 heterocycles. The third-order valence-corrected chi connectivity index (χ3v) is 5.21. The first-order valence-electron chi connectivity index (χ1n) is 5.15. The van der Waals surface area contributed by atoms with E-state index in [0.29, 0.717) is 0 Å². The van der Waals surface area contributed by atoms with Gasteiger partial charge in [-0.25, -0.2) is 0 Å². The Morgan fingerprint density at radius 1 is 1.19 bits per heavy atom. The molecule has 0 saturated carbocycles. The van der Waals surface area contributed by atoms with Crippen molar-refractivity contribution >= 4 is 24.7 Å². The number of rotatable bonds is 3. The van der Waals surface area contributed by atoms with Crippen molar-refractivity contribution in [3.8, 4) is 0 Å². The summed E-state index contributed by atoms with van der Waals surface area (Å²) in [7, 11) is 1.50. The van der Waals surface area contributed by atoms with Gasteiger partial charge in [0.15, 0.2) is 0 Å². The second-order valence-electron chi connectivity index (χ2n) is 2.91. The van der Waals surface area contributed by atoms with Gasteiger partial charge in [0.25, 0.3) is 0 Å². The van der Waals surface area contributed by atoms with E-state index in [2.05, 4.69) is 38.1 Å². The minimum absolute atomic E-state index is 0.202. The fourth-order valence-corrected chi connectivity index (χ4v) is 4.41. The molecule has 0 aromatic heterocycles. The Kier molecular flexibility index (Phi) is 14.8. The Balaban J connectivity index is 0. The topological polar surface area (TPSA) is 72.1 Å². The second kappa shape index (κ2) is 13.0. The van der Waals surface area contributed by atoms with E-state index in [-0.39, 0.29) is 27.2 Å². The molecule has 0 spiro atoms. The van der Waals surface area contributed by atoms with Crippen LogP contribution in [-0.2, 0) is 0 Å². The Hall–Kier alpha value is -0.101. The summed E-state index contributed by atoms with van der Waals surface area (Å²) < 4.78 is 2.92. The van der Waals surface area contributed by atoms with Crippen molar-refractivity contribution < 1.29 is 10.2 Å². The summed E-state index contributed by atoms with van der Waals surface area (Å²) in [5.41, 5.74) is 7.24. The quantitative estimate of drug-likeness (QED) is 0.755. The van der Waals surface area contributed by atoms with Crippen molar-refractivity contribution in [2.75, 3.05) is 14.2 Å². The average Bonchev–Trinajstić information content (AvgIpc) is 2.35. The van der Waals surface area contributed by atoms with Crippen LogP contribution in [0.4, 0.5) is 0 Å². The van der Waals surface area contributed by atoms with E-state index < -0.39 is 0 Å². The maximum atomic E-state index is 8.25. The molecule has 0 bridgehead atoms. The van der Waals surface area contributed by atoms with Crippen LogP contribution >= 0.6 is 0 Å². The molecule has 1 unspecified atom stereocenters. The van der Waals surface area contributed by atoms with Crippen LogP contribution in [-0.4, -0.2) is 35.4 Å². The summed E-state index contributed by atoms with van der Waals surface area (Å²) in [5.74, 6) is 0. The third kappa shape index (κ3) is 7.22.